The fourth-order valence-electron chi connectivity index (χ4n) is 2.42. The maximum absolute atomic E-state index is 12.3. The lowest BCUT2D eigenvalue weighted by atomic mass is 9.81. The van der Waals surface area contributed by atoms with Gasteiger partial charge < -0.3 is 10.4 Å². The molecule has 0 aromatic rings. The molecular weight excluding hydrogens is 214 g/mol. The molecule has 1 fully saturated rings. The van der Waals surface area contributed by atoms with Crippen molar-refractivity contribution in [2.45, 2.75) is 65.3 Å². The van der Waals surface area contributed by atoms with Gasteiger partial charge in [-0.2, -0.15) is 0 Å². The first-order chi connectivity index (χ1) is 7.99. The Kier molecular flexibility index (Phi) is 5.44. The molecule has 0 spiro atoms. The lowest BCUT2D eigenvalue weighted by Gasteiger charge is -2.30. The highest BCUT2D eigenvalue weighted by Crippen LogP contribution is 2.34. The summed E-state index contributed by atoms with van der Waals surface area (Å²) in [6.45, 7) is 6.14. The summed E-state index contributed by atoms with van der Waals surface area (Å²) in [4.78, 5) is 12.3. The highest BCUT2D eigenvalue weighted by atomic mass is 16.3. The van der Waals surface area contributed by atoms with E-state index in [4.69, 9.17) is 5.11 Å². The molecule has 2 N–H and O–H groups in total. The van der Waals surface area contributed by atoms with Crippen molar-refractivity contribution in [3.05, 3.63) is 0 Å². The van der Waals surface area contributed by atoms with Gasteiger partial charge in [0.2, 0.25) is 5.91 Å². The molecule has 100 valence electrons. The summed E-state index contributed by atoms with van der Waals surface area (Å²) in [6, 6.07) is 0.0487. The first-order valence-corrected chi connectivity index (χ1v) is 6.91. The Morgan fingerprint density at radius 1 is 1.24 bits per heavy atom. The van der Waals surface area contributed by atoms with Crippen molar-refractivity contribution in [3.63, 3.8) is 0 Å². The van der Waals surface area contributed by atoms with Crippen molar-refractivity contribution in [1.82, 2.24) is 5.32 Å². The monoisotopic (exact) mass is 241 g/mol. The van der Waals surface area contributed by atoms with Crippen LogP contribution >= 0.6 is 0 Å². The Morgan fingerprint density at radius 3 is 2.24 bits per heavy atom. The topological polar surface area (TPSA) is 49.3 Å². The van der Waals surface area contributed by atoms with Crippen molar-refractivity contribution < 1.29 is 9.90 Å². The fraction of sp³-hybridized carbons (Fsp3) is 0.929. The van der Waals surface area contributed by atoms with E-state index >= 15 is 0 Å². The van der Waals surface area contributed by atoms with Gasteiger partial charge >= 0.3 is 0 Å². The van der Waals surface area contributed by atoms with E-state index in [1.54, 1.807) is 0 Å². The van der Waals surface area contributed by atoms with Crippen LogP contribution in [0, 0.1) is 11.3 Å². The largest absolute Gasteiger partial charge is 0.396 e. The molecular formula is C14H27NO2. The number of hydrogen-bond donors (Lipinski definition) is 2. The Bertz CT molecular complexity index is 245. The standard InChI is InChI=1S/C14H27NO2/c1-11(10-16)12(2)15-13(17)14(3)8-6-4-5-7-9-14/h11-12,16H,4-10H2,1-3H3,(H,15,17). The van der Waals surface area contributed by atoms with Gasteiger partial charge in [0.25, 0.3) is 0 Å². The van der Waals surface area contributed by atoms with Crippen molar-refractivity contribution in [3.8, 4) is 0 Å². The Balaban J connectivity index is 2.55. The molecule has 0 radical (unpaired) electrons. The summed E-state index contributed by atoms with van der Waals surface area (Å²) in [5.74, 6) is 0.292. The minimum Gasteiger partial charge on any atom is -0.396 e. The lowest BCUT2D eigenvalue weighted by molar-refractivity contribution is -0.132. The zero-order valence-corrected chi connectivity index (χ0v) is 11.5. The molecule has 17 heavy (non-hydrogen) atoms. The number of rotatable bonds is 4. The van der Waals surface area contributed by atoms with Gasteiger partial charge in [-0.25, -0.2) is 0 Å². The van der Waals surface area contributed by atoms with Crippen LogP contribution < -0.4 is 5.32 Å². The third-order valence-electron chi connectivity index (χ3n) is 4.26. The molecule has 2 atom stereocenters. The van der Waals surface area contributed by atoms with E-state index in [1.165, 1.54) is 12.8 Å². The summed E-state index contributed by atoms with van der Waals surface area (Å²) in [5.41, 5.74) is -0.195. The maximum atomic E-state index is 12.3. The van der Waals surface area contributed by atoms with E-state index in [9.17, 15) is 4.79 Å². The minimum atomic E-state index is -0.195. The lowest BCUT2D eigenvalue weighted by Crippen LogP contribution is -2.45. The molecule has 1 amide bonds. The molecule has 1 aliphatic rings. The number of nitrogens with one attached hydrogen (secondary N) is 1. The zero-order valence-electron chi connectivity index (χ0n) is 11.5. The van der Waals surface area contributed by atoms with Gasteiger partial charge in [0, 0.05) is 18.1 Å². The highest BCUT2D eigenvalue weighted by Gasteiger charge is 2.34. The third kappa shape index (κ3) is 3.98. The van der Waals surface area contributed by atoms with Gasteiger partial charge in [-0.05, 0) is 25.7 Å². The van der Waals surface area contributed by atoms with Crippen molar-refractivity contribution >= 4 is 5.91 Å². The van der Waals surface area contributed by atoms with E-state index in [-0.39, 0.29) is 29.9 Å². The average Bonchev–Trinajstić information content (AvgIpc) is 2.53. The van der Waals surface area contributed by atoms with Crippen molar-refractivity contribution in [2.24, 2.45) is 11.3 Å². The quantitative estimate of drug-likeness (QED) is 0.743. The molecule has 0 aromatic heterocycles. The van der Waals surface area contributed by atoms with Gasteiger partial charge in [0.15, 0.2) is 0 Å². The smallest absolute Gasteiger partial charge is 0.226 e. The summed E-state index contributed by atoms with van der Waals surface area (Å²) in [6.07, 6.45) is 6.83. The number of aliphatic hydroxyl groups excluding tert-OH is 1. The van der Waals surface area contributed by atoms with Gasteiger partial charge in [0.05, 0.1) is 0 Å². The van der Waals surface area contributed by atoms with Crippen LogP contribution in [-0.2, 0) is 4.79 Å². The summed E-state index contributed by atoms with van der Waals surface area (Å²) < 4.78 is 0. The van der Waals surface area contributed by atoms with E-state index in [2.05, 4.69) is 12.2 Å². The van der Waals surface area contributed by atoms with Gasteiger partial charge in [-0.1, -0.05) is 39.5 Å². The molecule has 0 heterocycles. The molecule has 3 nitrogen and oxygen atoms in total. The number of hydrogen-bond acceptors (Lipinski definition) is 2. The van der Waals surface area contributed by atoms with Crippen LogP contribution in [0.25, 0.3) is 0 Å². The van der Waals surface area contributed by atoms with E-state index in [0.717, 1.165) is 25.7 Å². The third-order valence-corrected chi connectivity index (χ3v) is 4.26. The molecule has 3 heteroatoms. The molecule has 0 aliphatic heterocycles. The number of carbonyl (C=O) groups excluding carboxylic acids is 1. The van der Waals surface area contributed by atoms with Crippen LogP contribution in [0.3, 0.4) is 0 Å². The van der Waals surface area contributed by atoms with E-state index < -0.39 is 0 Å². The molecule has 1 rings (SSSR count). The van der Waals surface area contributed by atoms with Crippen LogP contribution in [0.2, 0.25) is 0 Å². The first-order valence-electron chi connectivity index (χ1n) is 6.91. The second-order valence-corrected chi connectivity index (χ2v) is 5.90. The van der Waals surface area contributed by atoms with Crippen LogP contribution in [0.15, 0.2) is 0 Å². The number of aliphatic hydroxyl groups is 1. The average molecular weight is 241 g/mol. The zero-order chi connectivity index (χ0) is 12.9. The Hall–Kier alpha value is -0.570. The number of carbonyl (C=O) groups is 1. The van der Waals surface area contributed by atoms with E-state index in [0.29, 0.717) is 0 Å². The second-order valence-electron chi connectivity index (χ2n) is 5.90. The summed E-state index contributed by atoms with van der Waals surface area (Å²) in [7, 11) is 0. The van der Waals surface area contributed by atoms with Crippen LogP contribution in [0.1, 0.15) is 59.3 Å². The van der Waals surface area contributed by atoms with Crippen LogP contribution in [0.5, 0.6) is 0 Å². The van der Waals surface area contributed by atoms with Gasteiger partial charge in [0.1, 0.15) is 0 Å². The van der Waals surface area contributed by atoms with Gasteiger partial charge in [-0.3, -0.25) is 4.79 Å². The SMILES string of the molecule is CC(CO)C(C)NC(=O)C1(C)CCCCCC1. The molecule has 0 bridgehead atoms. The minimum absolute atomic E-state index is 0.0487. The number of amides is 1. The second kappa shape index (κ2) is 6.39. The van der Waals surface area contributed by atoms with Gasteiger partial charge in [-0.15, -0.1) is 0 Å². The van der Waals surface area contributed by atoms with Crippen LogP contribution in [0.4, 0.5) is 0 Å². The summed E-state index contributed by atoms with van der Waals surface area (Å²) >= 11 is 0. The predicted octanol–water partition coefficient (Wildman–Crippen LogP) is 2.48. The molecule has 2 unspecified atom stereocenters. The van der Waals surface area contributed by atoms with Crippen molar-refractivity contribution in [1.29, 1.82) is 0 Å². The molecule has 0 saturated heterocycles. The van der Waals surface area contributed by atoms with Crippen LogP contribution in [-0.4, -0.2) is 23.7 Å². The van der Waals surface area contributed by atoms with E-state index in [1.807, 2.05) is 13.8 Å². The Morgan fingerprint density at radius 2 is 1.76 bits per heavy atom. The molecule has 1 aliphatic carbocycles. The van der Waals surface area contributed by atoms with Crippen molar-refractivity contribution in [2.75, 3.05) is 6.61 Å². The maximum Gasteiger partial charge on any atom is 0.226 e. The Labute approximate surface area is 105 Å². The molecule has 1 saturated carbocycles. The highest BCUT2D eigenvalue weighted by molar-refractivity contribution is 5.82. The normalized spacial score (nSPS) is 23.5. The molecule has 0 aromatic carbocycles. The predicted molar refractivity (Wildman–Crippen MR) is 69.7 cm³/mol. The fourth-order valence-corrected chi connectivity index (χ4v) is 2.42. The first kappa shape index (κ1) is 14.5. The summed E-state index contributed by atoms with van der Waals surface area (Å²) in [5, 5.41) is 12.2.